The molecule has 0 spiro atoms. The van der Waals surface area contributed by atoms with Crippen LogP contribution in [-0.2, 0) is 0 Å². The van der Waals surface area contributed by atoms with Gasteiger partial charge in [-0.3, -0.25) is 0 Å². The Morgan fingerprint density at radius 2 is 1.06 bits per heavy atom. The van der Waals surface area contributed by atoms with Crippen molar-refractivity contribution in [2.45, 2.75) is 88.2 Å². The Labute approximate surface area is 120 Å². The van der Waals surface area contributed by atoms with Crippen LogP contribution in [0, 0.1) is 11.8 Å². The van der Waals surface area contributed by atoms with Gasteiger partial charge in [-0.05, 0) is 11.8 Å². The number of hydrogen-bond acceptors (Lipinski definition) is 0. The van der Waals surface area contributed by atoms with Crippen LogP contribution in [0.5, 0.6) is 0 Å². The van der Waals surface area contributed by atoms with Gasteiger partial charge >= 0.3 is 20.4 Å². The van der Waals surface area contributed by atoms with E-state index < -0.39 is 0 Å². The summed E-state index contributed by atoms with van der Waals surface area (Å²) in [5.41, 5.74) is 0. The molecule has 0 amide bonds. The predicted molar refractivity (Wildman–Crippen MR) is 82.0 cm³/mol. The molecule has 0 radical (unpaired) electrons. The van der Waals surface area contributed by atoms with Crippen molar-refractivity contribution in [1.82, 2.24) is 0 Å². The van der Waals surface area contributed by atoms with Crippen LogP contribution < -0.4 is 0 Å². The highest BCUT2D eigenvalue weighted by molar-refractivity contribution is 6.35. The highest BCUT2D eigenvalue weighted by atomic mass is 24.5. The van der Waals surface area contributed by atoms with Crippen LogP contribution >= 0.6 is 0 Å². The molecule has 0 aromatic rings. The van der Waals surface area contributed by atoms with Gasteiger partial charge in [-0.15, -0.1) is 9.10 Å². The van der Waals surface area contributed by atoms with Crippen LogP contribution in [0.4, 0.5) is 0 Å². The molecular formula is C16H34Mg. The van der Waals surface area contributed by atoms with Crippen LogP contribution in [0.25, 0.3) is 0 Å². The average Bonchev–Trinajstić information content (AvgIpc) is 2.35. The average molecular weight is 251 g/mol. The Morgan fingerprint density at radius 3 is 1.35 bits per heavy atom. The summed E-state index contributed by atoms with van der Waals surface area (Å²) in [5.74, 6) is 2.09. The SMILES string of the molecule is CCCC(CC)C[CH2][Mg][CH2]CC(CC)CCC. The van der Waals surface area contributed by atoms with Crippen LogP contribution in [0.1, 0.15) is 79.1 Å². The highest BCUT2D eigenvalue weighted by Crippen LogP contribution is 2.20. The van der Waals surface area contributed by atoms with E-state index in [1.54, 1.807) is 21.9 Å². The van der Waals surface area contributed by atoms with Gasteiger partial charge in [0, 0.05) is 0 Å². The monoisotopic (exact) mass is 250 g/mol. The zero-order valence-electron chi connectivity index (χ0n) is 12.9. The van der Waals surface area contributed by atoms with Crippen LogP contribution in [0.15, 0.2) is 0 Å². The van der Waals surface area contributed by atoms with E-state index in [4.69, 9.17) is 0 Å². The molecule has 0 saturated heterocycles. The van der Waals surface area contributed by atoms with E-state index in [2.05, 4.69) is 27.7 Å². The van der Waals surface area contributed by atoms with Gasteiger partial charge in [0.1, 0.15) is 0 Å². The second-order valence-corrected chi connectivity index (χ2v) is 7.89. The minimum atomic E-state index is 0.273. The molecule has 2 atom stereocenters. The standard InChI is InChI=1S/2C8H17.Mg/c2*1-4-7-8(5-2)6-3;/h2*8H,2,4-7H2,1,3H3;. The molecule has 0 N–H and O–H groups in total. The van der Waals surface area contributed by atoms with Crippen LogP contribution in [0.3, 0.4) is 0 Å². The Morgan fingerprint density at radius 1 is 0.647 bits per heavy atom. The summed E-state index contributed by atoms with van der Waals surface area (Å²) in [6.45, 7) is 9.40. The minimum Gasteiger partial charge on any atom is -0.146 e. The predicted octanol–water partition coefficient (Wildman–Crippen LogP) is 5.96. The van der Waals surface area contributed by atoms with E-state index in [9.17, 15) is 0 Å². The summed E-state index contributed by atoms with van der Waals surface area (Å²) in [6, 6.07) is 0. The fraction of sp³-hybridized carbons (Fsp3) is 1.00. The summed E-state index contributed by atoms with van der Waals surface area (Å²) < 4.78 is 3.22. The maximum atomic E-state index is 2.37. The molecule has 0 nitrogen and oxygen atoms in total. The Hall–Kier alpha value is 0.766. The van der Waals surface area contributed by atoms with Gasteiger partial charge in [-0.25, -0.2) is 0 Å². The molecule has 0 rings (SSSR count). The maximum absolute atomic E-state index is 2.37. The molecule has 0 aliphatic rings. The van der Waals surface area contributed by atoms with Crippen molar-refractivity contribution in [2.75, 3.05) is 0 Å². The summed E-state index contributed by atoms with van der Waals surface area (Å²) >= 11 is 0.273. The lowest BCUT2D eigenvalue weighted by molar-refractivity contribution is 0.443. The first kappa shape index (κ1) is 17.8. The Balaban J connectivity index is 3.43. The molecule has 0 aromatic carbocycles. The lowest BCUT2D eigenvalue weighted by atomic mass is 9.98. The Kier molecular flexibility index (Phi) is 13.8. The maximum Gasteiger partial charge on any atom is 0.364 e. The molecule has 0 aromatic heterocycles. The normalized spacial score (nSPS) is 14.4. The second-order valence-electron chi connectivity index (χ2n) is 5.76. The lowest BCUT2D eigenvalue weighted by Gasteiger charge is -2.15. The molecule has 0 bridgehead atoms. The Bertz CT molecular complexity index is 128. The first-order valence-electron chi connectivity index (χ1n) is 8.28. The van der Waals surface area contributed by atoms with E-state index in [1.807, 2.05) is 0 Å². The molecule has 0 aliphatic carbocycles. The third-order valence-corrected chi connectivity index (χ3v) is 6.09. The summed E-state index contributed by atoms with van der Waals surface area (Å²) in [5, 5.41) is 0. The van der Waals surface area contributed by atoms with Crippen molar-refractivity contribution in [3.05, 3.63) is 0 Å². The second kappa shape index (κ2) is 13.2. The van der Waals surface area contributed by atoms with Crippen LogP contribution in [-0.4, -0.2) is 20.4 Å². The van der Waals surface area contributed by atoms with Crippen molar-refractivity contribution < 1.29 is 0 Å². The lowest BCUT2D eigenvalue weighted by Crippen LogP contribution is -2.03. The smallest absolute Gasteiger partial charge is 0.146 e. The molecule has 17 heavy (non-hydrogen) atoms. The summed E-state index contributed by atoms with van der Waals surface area (Å²) in [6.07, 6.45) is 11.6. The van der Waals surface area contributed by atoms with Crippen molar-refractivity contribution in [3.63, 3.8) is 0 Å². The van der Waals surface area contributed by atoms with Crippen LogP contribution in [0.2, 0.25) is 9.10 Å². The van der Waals surface area contributed by atoms with E-state index >= 15 is 0 Å². The van der Waals surface area contributed by atoms with Gasteiger partial charge in [-0.1, -0.05) is 79.1 Å². The highest BCUT2D eigenvalue weighted by Gasteiger charge is 2.08. The fourth-order valence-electron chi connectivity index (χ4n) is 2.96. The van der Waals surface area contributed by atoms with E-state index in [0.29, 0.717) is 0 Å². The third-order valence-electron chi connectivity index (χ3n) is 4.27. The number of hydrogen-bond donors (Lipinski definition) is 0. The van der Waals surface area contributed by atoms with Gasteiger partial charge in [0.05, 0.1) is 0 Å². The molecule has 1 heteroatoms. The summed E-state index contributed by atoms with van der Waals surface area (Å²) in [7, 11) is 0. The molecule has 0 fully saturated rings. The van der Waals surface area contributed by atoms with Crippen molar-refractivity contribution in [1.29, 1.82) is 0 Å². The quantitative estimate of drug-likeness (QED) is 0.296. The molecule has 0 aliphatic heterocycles. The zero-order chi connectivity index (χ0) is 12.9. The van der Waals surface area contributed by atoms with Gasteiger partial charge in [0.2, 0.25) is 0 Å². The van der Waals surface area contributed by atoms with Crippen molar-refractivity contribution in [2.24, 2.45) is 11.8 Å². The van der Waals surface area contributed by atoms with Crippen molar-refractivity contribution >= 4 is 20.4 Å². The van der Waals surface area contributed by atoms with E-state index in [0.717, 1.165) is 11.8 Å². The topological polar surface area (TPSA) is 0 Å². The molecule has 0 heterocycles. The van der Waals surface area contributed by atoms with Gasteiger partial charge in [0.15, 0.2) is 0 Å². The van der Waals surface area contributed by atoms with Gasteiger partial charge < -0.3 is 0 Å². The van der Waals surface area contributed by atoms with Crippen molar-refractivity contribution in [3.8, 4) is 0 Å². The minimum absolute atomic E-state index is 0.273. The van der Waals surface area contributed by atoms with Gasteiger partial charge in [0.25, 0.3) is 0 Å². The molecular weight excluding hydrogens is 216 g/mol. The molecule has 2 unspecified atom stereocenters. The van der Waals surface area contributed by atoms with E-state index in [1.165, 1.54) is 38.5 Å². The molecule has 100 valence electrons. The third kappa shape index (κ3) is 10.4. The summed E-state index contributed by atoms with van der Waals surface area (Å²) in [4.78, 5) is 0. The first-order chi connectivity index (χ1) is 8.28. The number of rotatable bonds is 12. The zero-order valence-corrected chi connectivity index (χ0v) is 14.3. The largest absolute Gasteiger partial charge is 0.364 e. The van der Waals surface area contributed by atoms with Gasteiger partial charge in [-0.2, -0.15) is 0 Å². The van der Waals surface area contributed by atoms with E-state index in [-0.39, 0.29) is 20.4 Å². The molecule has 0 saturated carbocycles. The first-order valence-corrected chi connectivity index (χ1v) is 10.3. The fourth-order valence-corrected chi connectivity index (χ4v) is 5.05.